The van der Waals surface area contributed by atoms with Gasteiger partial charge >= 0.3 is 0 Å². The molecule has 0 bridgehead atoms. The molecule has 0 saturated carbocycles. The second-order valence-corrected chi connectivity index (χ2v) is 7.77. The van der Waals surface area contributed by atoms with E-state index in [9.17, 15) is 9.59 Å². The molecule has 1 atom stereocenters. The number of thiazole rings is 1. The molecule has 7 heteroatoms. The molecule has 1 unspecified atom stereocenters. The Labute approximate surface area is 156 Å². The first kappa shape index (κ1) is 17.0. The van der Waals surface area contributed by atoms with Crippen LogP contribution in [0.3, 0.4) is 0 Å². The molecule has 0 radical (unpaired) electrons. The van der Waals surface area contributed by atoms with E-state index in [-0.39, 0.29) is 5.91 Å². The lowest BCUT2D eigenvalue weighted by molar-refractivity contribution is -0.150. The number of aryl methyl sites for hydroxylation is 2. The molecule has 0 spiro atoms. The summed E-state index contributed by atoms with van der Waals surface area (Å²) >= 11 is 1.47. The van der Waals surface area contributed by atoms with Crippen molar-refractivity contribution in [2.24, 2.45) is 5.73 Å². The van der Waals surface area contributed by atoms with Crippen LogP contribution < -0.4 is 10.5 Å². The minimum atomic E-state index is -1.08. The van der Waals surface area contributed by atoms with E-state index in [0.29, 0.717) is 29.2 Å². The summed E-state index contributed by atoms with van der Waals surface area (Å²) in [5.41, 5.74) is 6.54. The van der Waals surface area contributed by atoms with E-state index in [1.807, 2.05) is 17.2 Å². The van der Waals surface area contributed by atoms with E-state index in [1.54, 1.807) is 18.2 Å². The first-order chi connectivity index (χ1) is 12.5. The van der Waals surface area contributed by atoms with Crippen LogP contribution in [0, 0.1) is 6.92 Å². The van der Waals surface area contributed by atoms with Crippen molar-refractivity contribution in [3.05, 3.63) is 45.4 Å². The first-order valence-corrected chi connectivity index (χ1v) is 9.71. The molecular formula is C19H21N3O3S. The number of fused-ring (bicyclic) bond motifs is 1. The summed E-state index contributed by atoms with van der Waals surface area (Å²) in [5, 5.41) is 2.65. The number of carbonyl (C=O) groups excluding carboxylic acids is 2. The average Bonchev–Trinajstić information content (AvgIpc) is 3.32. The molecule has 136 valence electrons. The SMILES string of the molecule is Cc1csc(C2(C(=O)N3CCCC3)CCc3cc(C(N)=O)ccc3O2)n1. The number of hydrogen-bond acceptors (Lipinski definition) is 5. The molecular weight excluding hydrogens is 350 g/mol. The maximum absolute atomic E-state index is 13.4. The fourth-order valence-electron chi connectivity index (χ4n) is 3.68. The van der Waals surface area contributed by atoms with Gasteiger partial charge in [0.05, 0.1) is 0 Å². The third-order valence-corrected chi connectivity index (χ3v) is 6.18. The molecule has 2 aliphatic heterocycles. The van der Waals surface area contributed by atoms with Crippen LogP contribution in [0.5, 0.6) is 5.75 Å². The van der Waals surface area contributed by atoms with Gasteiger partial charge in [-0.25, -0.2) is 4.98 Å². The minimum Gasteiger partial charge on any atom is -0.470 e. The molecule has 2 amide bonds. The van der Waals surface area contributed by atoms with E-state index >= 15 is 0 Å². The van der Waals surface area contributed by atoms with Gasteiger partial charge in [-0.15, -0.1) is 11.3 Å². The number of nitrogens with two attached hydrogens (primary N) is 1. The number of benzene rings is 1. The van der Waals surface area contributed by atoms with Gasteiger partial charge in [-0.1, -0.05) is 0 Å². The van der Waals surface area contributed by atoms with E-state index in [4.69, 9.17) is 10.5 Å². The predicted molar refractivity (Wildman–Crippen MR) is 98.3 cm³/mol. The molecule has 6 nitrogen and oxygen atoms in total. The molecule has 0 aliphatic carbocycles. The summed E-state index contributed by atoms with van der Waals surface area (Å²) in [5.74, 6) is 0.156. The van der Waals surface area contributed by atoms with Crippen molar-refractivity contribution in [3.8, 4) is 5.75 Å². The fourth-order valence-corrected chi connectivity index (χ4v) is 4.64. The molecule has 2 aliphatic rings. The number of nitrogens with zero attached hydrogens (tertiary/aromatic N) is 2. The summed E-state index contributed by atoms with van der Waals surface area (Å²) in [6, 6.07) is 5.14. The van der Waals surface area contributed by atoms with Crippen LogP contribution in [0.4, 0.5) is 0 Å². The zero-order valence-electron chi connectivity index (χ0n) is 14.7. The van der Waals surface area contributed by atoms with Crippen molar-refractivity contribution >= 4 is 23.2 Å². The molecule has 1 saturated heterocycles. The number of amides is 2. The van der Waals surface area contributed by atoms with Crippen molar-refractivity contribution < 1.29 is 14.3 Å². The lowest BCUT2D eigenvalue weighted by atomic mass is 9.89. The lowest BCUT2D eigenvalue weighted by Gasteiger charge is -2.38. The Bertz CT molecular complexity index is 873. The van der Waals surface area contributed by atoms with Crippen molar-refractivity contribution in [1.29, 1.82) is 0 Å². The molecule has 1 aromatic carbocycles. The first-order valence-electron chi connectivity index (χ1n) is 8.83. The molecule has 2 N–H and O–H groups in total. The van der Waals surface area contributed by atoms with Crippen molar-refractivity contribution in [2.45, 2.75) is 38.2 Å². The topological polar surface area (TPSA) is 85.5 Å². The van der Waals surface area contributed by atoms with Gasteiger partial charge in [0.25, 0.3) is 5.91 Å². The Kier molecular flexibility index (Phi) is 4.19. The quantitative estimate of drug-likeness (QED) is 0.898. The zero-order valence-corrected chi connectivity index (χ0v) is 15.5. The number of likely N-dealkylation sites (tertiary alicyclic amines) is 1. The van der Waals surface area contributed by atoms with E-state index in [2.05, 4.69) is 4.98 Å². The van der Waals surface area contributed by atoms with Gasteiger partial charge in [0.1, 0.15) is 10.8 Å². The summed E-state index contributed by atoms with van der Waals surface area (Å²) in [6.45, 7) is 3.45. The molecule has 2 aromatic rings. The Morgan fingerprint density at radius 3 is 2.73 bits per heavy atom. The van der Waals surface area contributed by atoms with Gasteiger partial charge in [-0.05, 0) is 49.9 Å². The van der Waals surface area contributed by atoms with Crippen LogP contribution in [0.25, 0.3) is 0 Å². The van der Waals surface area contributed by atoms with Gasteiger partial charge in [-0.3, -0.25) is 9.59 Å². The highest BCUT2D eigenvalue weighted by atomic mass is 32.1. The monoisotopic (exact) mass is 371 g/mol. The zero-order chi connectivity index (χ0) is 18.3. The molecule has 3 heterocycles. The summed E-state index contributed by atoms with van der Waals surface area (Å²) in [7, 11) is 0. The number of carbonyl (C=O) groups is 2. The van der Waals surface area contributed by atoms with Crippen molar-refractivity contribution in [3.63, 3.8) is 0 Å². The molecule has 1 fully saturated rings. The Morgan fingerprint density at radius 1 is 1.31 bits per heavy atom. The van der Waals surface area contributed by atoms with Gasteiger partial charge in [0, 0.05) is 36.1 Å². The van der Waals surface area contributed by atoms with Gasteiger partial charge in [0.2, 0.25) is 11.5 Å². The normalized spacial score (nSPS) is 22.0. The van der Waals surface area contributed by atoms with Crippen LogP contribution in [0.1, 0.15) is 45.9 Å². The number of primary amides is 1. The highest BCUT2D eigenvalue weighted by molar-refractivity contribution is 7.10. The Balaban J connectivity index is 1.75. The standard InChI is InChI=1S/C19H21N3O3S/c1-12-11-26-17(21-12)19(18(24)22-8-2-3-9-22)7-6-13-10-14(16(20)23)4-5-15(13)25-19/h4-5,10-11H,2-3,6-9H2,1H3,(H2,20,23). The fraction of sp³-hybridized carbons (Fsp3) is 0.421. The second-order valence-electron chi connectivity index (χ2n) is 6.91. The third kappa shape index (κ3) is 2.76. The van der Waals surface area contributed by atoms with E-state index < -0.39 is 11.5 Å². The Morgan fingerprint density at radius 2 is 2.08 bits per heavy atom. The highest BCUT2D eigenvalue weighted by Crippen LogP contribution is 2.42. The average molecular weight is 371 g/mol. The molecule has 26 heavy (non-hydrogen) atoms. The van der Waals surface area contributed by atoms with Crippen molar-refractivity contribution in [2.75, 3.05) is 13.1 Å². The number of aromatic nitrogens is 1. The number of rotatable bonds is 3. The van der Waals surface area contributed by atoms with Gasteiger partial charge in [-0.2, -0.15) is 0 Å². The molecule has 1 aromatic heterocycles. The van der Waals surface area contributed by atoms with Crippen molar-refractivity contribution in [1.82, 2.24) is 9.88 Å². The summed E-state index contributed by atoms with van der Waals surface area (Å²) in [6.07, 6.45) is 3.19. The van der Waals surface area contributed by atoms with Crippen LogP contribution in [0.2, 0.25) is 0 Å². The predicted octanol–water partition coefficient (Wildman–Crippen LogP) is 2.39. The Hall–Kier alpha value is -2.41. The smallest absolute Gasteiger partial charge is 0.274 e. The number of ether oxygens (including phenoxy) is 1. The largest absolute Gasteiger partial charge is 0.470 e. The van der Waals surface area contributed by atoms with Crippen LogP contribution in [-0.4, -0.2) is 34.8 Å². The number of hydrogen-bond donors (Lipinski definition) is 1. The lowest BCUT2D eigenvalue weighted by Crippen LogP contribution is -2.51. The molecule has 4 rings (SSSR count). The van der Waals surface area contributed by atoms with E-state index in [1.165, 1.54) is 11.3 Å². The highest BCUT2D eigenvalue weighted by Gasteiger charge is 2.50. The summed E-state index contributed by atoms with van der Waals surface area (Å²) in [4.78, 5) is 31.3. The third-order valence-electron chi connectivity index (χ3n) is 5.08. The van der Waals surface area contributed by atoms with Crippen LogP contribution in [-0.2, 0) is 16.8 Å². The van der Waals surface area contributed by atoms with Crippen LogP contribution >= 0.6 is 11.3 Å². The van der Waals surface area contributed by atoms with E-state index in [0.717, 1.165) is 37.2 Å². The maximum atomic E-state index is 13.4. The maximum Gasteiger partial charge on any atom is 0.274 e. The van der Waals surface area contributed by atoms with Crippen LogP contribution in [0.15, 0.2) is 23.6 Å². The van der Waals surface area contributed by atoms with Gasteiger partial charge < -0.3 is 15.4 Å². The second kappa shape index (κ2) is 6.39. The minimum absolute atomic E-state index is 0.00558. The van der Waals surface area contributed by atoms with Gasteiger partial charge in [0.15, 0.2) is 0 Å². The summed E-state index contributed by atoms with van der Waals surface area (Å²) < 4.78 is 6.33.